The van der Waals surface area contributed by atoms with E-state index >= 15 is 0 Å². The van der Waals surface area contributed by atoms with Crippen LogP contribution in [0.15, 0.2) is 58.3 Å². The fourth-order valence-electron chi connectivity index (χ4n) is 3.34. The van der Waals surface area contributed by atoms with Crippen molar-refractivity contribution in [2.24, 2.45) is 0 Å². The molecule has 3 rings (SSSR count). The number of nitrogens with zero attached hydrogens (tertiary/aromatic N) is 1. The fourth-order valence-corrected chi connectivity index (χ4v) is 4.96. The molecule has 0 bridgehead atoms. The second-order valence-corrected chi connectivity index (χ2v) is 10.4. The first kappa shape index (κ1) is 17.9. The summed E-state index contributed by atoms with van der Waals surface area (Å²) < 4.78 is 48.3. The Morgan fingerprint density at radius 2 is 1.60 bits per heavy atom. The molecule has 1 fully saturated rings. The molecule has 0 radical (unpaired) electrons. The maximum atomic E-state index is 12.3. The Bertz CT molecular complexity index is 983. The maximum Gasteiger partial charge on any atom is 0.177 e. The third-order valence-corrected chi connectivity index (χ3v) is 6.74. The summed E-state index contributed by atoms with van der Waals surface area (Å²) in [6.45, 7) is 0.736. The highest BCUT2D eigenvalue weighted by atomic mass is 32.2. The number of anilines is 1. The lowest BCUT2D eigenvalue weighted by molar-refractivity contribution is 0.599. The Morgan fingerprint density at radius 1 is 0.920 bits per heavy atom. The van der Waals surface area contributed by atoms with E-state index in [9.17, 15) is 16.8 Å². The Balaban J connectivity index is 2.13. The van der Waals surface area contributed by atoms with Crippen LogP contribution in [-0.2, 0) is 19.7 Å². The molecular weight excluding hydrogens is 358 g/mol. The van der Waals surface area contributed by atoms with Gasteiger partial charge in [-0.15, -0.1) is 0 Å². The minimum absolute atomic E-state index is 0.0205. The van der Waals surface area contributed by atoms with Gasteiger partial charge in [-0.3, -0.25) is 0 Å². The van der Waals surface area contributed by atoms with Gasteiger partial charge in [0, 0.05) is 19.1 Å². The van der Waals surface area contributed by atoms with E-state index in [1.807, 2.05) is 30.3 Å². The molecule has 1 aliphatic rings. The first-order chi connectivity index (χ1) is 11.7. The number of benzene rings is 2. The number of sulfone groups is 2. The standard InChI is InChI=1S/C18H21NO4S2/c1-24(20,21)15-10-11-17(18(13-15)25(2,22)23)19-12-6-9-16(19)14-7-4-3-5-8-14/h3-5,7-8,10-11,13,16H,6,9,12H2,1-2H3. The van der Waals surface area contributed by atoms with Crippen molar-refractivity contribution < 1.29 is 16.8 Å². The summed E-state index contributed by atoms with van der Waals surface area (Å²) in [6.07, 6.45) is 4.08. The SMILES string of the molecule is CS(=O)(=O)c1ccc(N2CCCC2c2ccccc2)c(S(C)(=O)=O)c1. The van der Waals surface area contributed by atoms with Crippen LogP contribution in [0.3, 0.4) is 0 Å². The van der Waals surface area contributed by atoms with Crippen molar-refractivity contribution in [3.05, 3.63) is 54.1 Å². The van der Waals surface area contributed by atoms with E-state index in [1.54, 1.807) is 6.07 Å². The molecular formula is C18H21NO4S2. The number of hydrogen-bond acceptors (Lipinski definition) is 5. The first-order valence-corrected chi connectivity index (χ1v) is 11.8. The minimum atomic E-state index is -3.57. The van der Waals surface area contributed by atoms with Gasteiger partial charge >= 0.3 is 0 Å². The summed E-state index contributed by atoms with van der Waals surface area (Å²) in [6, 6.07) is 14.4. The fraction of sp³-hybridized carbons (Fsp3) is 0.333. The molecule has 1 aliphatic heterocycles. The molecule has 0 aliphatic carbocycles. The molecule has 1 saturated heterocycles. The molecule has 1 atom stereocenters. The van der Waals surface area contributed by atoms with Gasteiger partial charge in [-0.2, -0.15) is 0 Å². The molecule has 5 nitrogen and oxygen atoms in total. The molecule has 1 unspecified atom stereocenters. The summed E-state index contributed by atoms with van der Waals surface area (Å²) >= 11 is 0. The van der Waals surface area contributed by atoms with Crippen molar-refractivity contribution in [3.8, 4) is 0 Å². The van der Waals surface area contributed by atoms with E-state index in [2.05, 4.69) is 4.90 Å². The van der Waals surface area contributed by atoms with Gasteiger partial charge in [-0.1, -0.05) is 30.3 Å². The van der Waals surface area contributed by atoms with Crippen molar-refractivity contribution in [3.63, 3.8) is 0 Å². The van der Waals surface area contributed by atoms with Gasteiger partial charge in [0.05, 0.1) is 21.5 Å². The van der Waals surface area contributed by atoms with Crippen LogP contribution in [0.1, 0.15) is 24.4 Å². The minimum Gasteiger partial charge on any atom is -0.363 e. The highest BCUT2D eigenvalue weighted by molar-refractivity contribution is 7.91. The zero-order valence-corrected chi connectivity index (χ0v) is 15.8. The van der Waals surface area contributed by atoms with Crippen LogP contribution in [0, 0.1) is 0 Å². The Hall–Kier alpha value is -1.86. The lowest BCUT2D eigenvalue weighted by atomic mass is 10.0. The second-order valence-electron chi connectivity index (χ2n) is 6.44. The summed E-state index contributed by atoms with van der Waals surface area (Å²) in [5.41, 5.74) is 1.70. The first-order valence-electron chi connectivity index (χ1n) is 8.04. The molecule has 2 aromatic rings. The van der Waals surface area contributed by atoms with Gasteiger partial charge in [0.1, 0.15) is 0 Å². The topological polar surface area (TPSA) is 71.5 Å². The highest BCUT2D eigenvalue weighted by Gasteiger charge is 2.30. The van der Waals surface area contributed by atoms with Crippen molar-refractivity contribution in [1.29, 1.82) is 0 Å². The van der Waals surface area contributed by atoms with Gasteiger partial charge in [0.25, 0.3) is 0 Å². The van der Waals surface area contributed by atoms with E-state index in [0.717, 1.165) is 37.5 Å². The molecule has 1 heterocycles. The Labute approximate surface area is 149 Å². The van der Waals surface area contributed by atoms with E-state index in [-0.39, 0.29) is 15.8 Å². The van der Waals surface area contributed by atoms with Crippen molar-refractivity contribution >= 4 is 25.4 Å². The van der Waals surface area contributed by atoms with E-state index in [1.165, 1.54) is 12.1 Å². The van der Waals surface area contributed by atoms with Crippen LogP contribution in [0.4, 0.5) is 5.69 Å². The van der Waals surface area contributed by atoms with Gasteiger partial charge in [0.2, 0.25) is 0 Å². The quantitative estimate of drug-likeness (QED) is 0.817. The molecule has 0 N–H and O–H groups in total. The van der Waals surface area contributed by atoms with Crippen LogP contribution in [0.5, 0.6) is 0 Å². The largest absolute Gasteiger partial charge is 0.363 e. The average Bonchev–Trinajstić information content (AvgIpc) is 3.03. The number of rotatable bonds is 4. The highest BCUT2D eigenvalue weighted by Crippen LogP contribution is 2.39. The van der Waals surface area contributed by atoms with Crippen molar-refractivity contribution in [2.45, 2.75) is 28.7 Å². The average molecular weight is 380 g/mol. The normalized spacial score (nSPS) is 18.5. The lowest BCUT2D eigenvalue weighted by Crippen LogP contribution is -2.24. The van der Waals surface area contributed by atoms with Crippen LogP contribution in [-0.4, -0.2) is 35.9 Å². The van der Waals surface area contributed by atoms with Gasteiger partial charge in [-0.25, -0.2) is 16.8 Å². The third-order valence-electron chi connectivity index (χ3n) is 4.51. The monoisotopic (exact) mass is 379 g/mol. The van der Waals surface area contributed by atoms with Gasteiger partial charge in [0.15, 0.2) is 19.7 Å². The smallest absolute Gasteiger partial charge is 0.177 e. The van der Waals surface area contributed by atoms with Crippen LogP contribution < -0.4 is 4.90 Å². The molecule has 0 saturated carbocycles. The maximum absolute atomic E-state index is 12.3. The predicted octanol–water partition coefficient (Wildman–Crippen LogP) is 2.84. The zero-order valence-electron chi connectivity index (χ0n) is 14.2. The van der Waals surface area contributed by atoms with E-state index in [0.29, 0.717) is 5.69 Å². The predicted molar refractivity (Wildman–Crippen MR) is 98.4 cm³/mol. The van der Waals surface area contributed by atoms with Gasteiger partial charge < -0.3 is 4.90 Å². The van der Waals surface area contributed by atoms with Crippen molar-refractivity contribution in [1.82, 2.24) is 0 Å². The molecule has 134 valence electrons. The molecule has 0 amide bonds. The number of hydrogen-bond donors (Lipinski definition) is 0. The Morgan fingerprint density at radius 3 is 2.20 bits per heavy atom. The third kappa shape index (κ3) is 3.72. The van der Waals surface area contributed by atoms with Crippen LogP contribution in [0.2, 0.25) is 0 Å². The Kier molecular flexibility index (Phi) is 4.64. The van der Waals surface area contributed by atoms with Crippen molar-refractivity contribution in [2.75, 3.05) is 24.0 Å². The van der Waals surface area contributed by atoms with E-state index in [4.69, 9.17) is 0 Å². The summed E-state index contributed by atoms with van der Waals surface area (Å²) in [5.74, 6) is 0. The van der Waals surface area contributed by atoms with E-state index < -0.39 is 19.7 Å². The van der Waals surface area contributed by atoms with Crippen LogP contribution in [0.25, 0.3) is 0 Å². The molecule has 0 spiro atoms. The summed E-state index contributed by atoms with van der Waals surface area (Å²) in [4.78, 5) is 2.16. The second kappa shape index (κ2) is 6.46. The lowest BCUT2D eigenvalue weighted by Gasteiger charge is -2.29. The molecule has 25 heavy (non-hydrogen) atoms. The van der Waals surface area contributed by atoms with Gasteiger partial charge in [-0.05, 0) is 36.6 Å². The molecule has 0 aromatic heterocycles. The zero-order chi connectivity index (χ0) is 18.2. The molecule has 7 heteroatoms. The molecule has 2 aromatic carbocycles. The van der Waals surface area contributed by atoms with Crippen LogP contribution >= 0.6 is 0 Å². The summed E-state index contributed by atoms with van der Waals surface area (Å²) in [5, 5.41) is 0. The summed E-state index contributed by atoms with van der Waals surface area (Å²) in [7, 11) is -7.04.